The normalized spacial score (nSPS) is 9.62. The van der Waals surface area contributed by atoms with Gasteiger partial charge in [0, 0.05) is 24.6 Å². The fraction of sp³-hybridized carbons (Fsp3) is 0.0690. The van der Waals surface area contributed by atoms with Crippen LogP contribution in [0.4, 0.5) is 13.2 Å². The molecular weight excluding hydrogens is 720 g/mol. The summed E-state index contributed by atoms with van der Waals surface area (Å²) >= 11 is 0. The molecule has 0 spiro atoms. The van der Waals surface area contributed by atoms with Gasteiger partial charge in [0.2, 0.25) is 0 Å². The Bertz CT molecular complexity index is 1890. The van der Waals surface area contributed by atoms with Crippen LogP contribution in [-0.4, -0.2) is 40.9 Å². The van der Waals surface area contributed by atoms with Crippen molar-refractivity contribution in [1.29, 1.82) is 10.5 Å². The van der Waals surface area contributed by atoms with Gasteiger partial charge >= 0.3 is 103 Å². The van der Waals surface area contributed by atoms with Crippen molar-refractivity contribution >= 4 is 26.1 Å². The van der Waals surface area contributed by atoms with Gasteiger partial charge in [0.1, 0.15) is 34.7 Å². The summed E-state index contributed by atoms with van der Waals surface area (Å²) in [5.74, 6) is -1.43. The summed E-state index contributed by atoms with van der Waals surface area (Å²) < 4.78 is 87.4. The van der Waals surface area contributed by atoms with Crippen molar-refractivity contribution in [1.82, 2.24) is 0 Å². The van der Waals surface area contributed by atoms with E-state index in [2.05, 4.69) is 4.89 Å². The van der Waals surface area contributed by atoms with E-state index in [-0.39, 0.29) is 143 Å². The van der Waals surface area contributed by atoms with E-state index in [1.807, 2.05) is 6.07 Å². The topological polar surface area (TPSA) is 195 Å². The van der Waals surface area contributed by atoms with Crippen LogP contribution in [-0.2, 0) is 29.4 Å². The fourth-order valence-corrected chi connectivity index (χ4v) is 4.15. The average Bonchev–Trinajstić information content (AvgIpc) is 2.96. The number of carbonyl (C=O) groups excluding carboxylic acids is 1. The van der Waals surface area contributed by atoms with Gasteiger partial charge in [0.05, 0.1) is 33.1 Å². The number of ether oxygens (including phenoxy) is 1. The third-order valence-corrected chi connectivity index (χ3v) is 7.04. The van der Waals surface area contributed by atoms with E-state index >= 15 is 0 Å². The Labute approximate surface area is 355 Å². The first kappa shape index (κ1) is 47.0. The van der Waals surface area contributed by atoms with E-state index < -0.39 is 37.1 Å². The molecule has 0 bridgehead atoms. The molecule has 0 atom stereocenters. The quantitative estimate of drug-likeness (QED) is 0.104. The Hall–Kier alpha value is -2.15. The van der Waals surface area contributed by atoms with Crippen molar-refractivity contribution in [3.8, 4) is 29.4 Å². The molecule has 47 heavy (non-hydrogen) atoms. The number of sulfone groups is 2. The molecule has 11 nitrogen and oxygen atoms in total. The smallest absolute Gasteiger partial charge is 1.00 e. The van der Waals surface area contributed by atoms with Gasteiger partial charge in [-0.25, -0.2) is 30.0 Å². The second kappa shape index (κ2) is 23.2. The number of hydrogen-bond donors (Lipinski definition) is 1. The Kier molecular flexibility index (Phi) is 23.2. The number of nitrogens with zero attached hydrogens (tertiary/aromatic N) is 2. The minimum absolute atomic E-state index is 0. The number of carbonyl (C=O) groups is 1. The minimum Gasteiger partial charge on any atom is -1.00 e. The molecular formula is C29H23F3K2N2O9S2. The molecule has 0 saturated heterocycles. The van der Waals surface area contributed by atoms with Gasteiger partial charge in [-0.15, -0.1) is 0 Å². The summed E-state index contributed by atoms with van der Waals surface area (Å²) in [6, 6.07) is 20.9. The van der Waals surface area contributed by atoms with Crippen LogP contribution >= 0.6 is 0 Å². The van der Waals surface area contributed by atoms with Crippen molar-refractivity contribution in [3.63, 3.8) is 0 Å². The molecule has 0 radical (unpaired) electrons. The molecule has 0 heterocycles. The standard InChI is InChI=1S/C14H10FNO3S.C7H3F2N.C7H8O3S.CH2O3.2K.H/c1-20(17,18)14-4-2-12(3-5-14)19-13-7-10(9-16)6-11(15)8-13;8-6-1-5(4-10)2-7(9)3-6;1-11(9,10)7-4-2-6(8)3-5-7;2-1-4-3;;;/h2-8H,1H3;1-3H;2-5,8H,1H3;1,3H;;;/q;;;;2*+1;-1/p-1. The molecule has 1 N–H and O–H groups in total. The number of benzene rings is 4. The molecule has 0 unspecified atom stereocenters. The monoisotopic (exact) mass is 742 g/mol. The fourth-order valence-electron chi connectivity index (χ4n) is 2.89. The Morgan fingerprint density at radius 2 is 1.06 bits per heavy atom. The van der Waals surface area contributed by atoms with Gasteiger partial charge in [-0.2, -0.15) is 10.5 Å². The molecule has 0 aliphatic heterocycles. The van der Waals surface area contributed by atoms with E-state index in [9.17, 15) is 30.0 Å². The van der Waals surface area contributed by atoms with E-state index in [1.54, 1.807) is 6.07 Å². The largest absolute Gasteiger partial charge is 1.00 e. The third-order valence-electron chi connectivity index (χ3n) is 4.78. The summed E-state index contributed by atoms with van der Waals surface area (Å²) in [4.78, 5) is 11.6. The molecule has 0 saturated carbocycles. The maximum atomic E-state index is 13.2. The van der Waals surface area contributed by atoms with Crippen LogP contribution in [0.1, 0.15) is 12.6 Å². The molecule has 4 aromatic rings. The van der Waals surface area contributed by atoms with Crippen molar-refractivity contribution in [3.05, 3.63) is 114 Å². The first-order valence-corrected chi connectivity index (χ1v) is 15.6. The number of nitriles is 2. The maximum Gasteiger partial charge on any atom is 1.00 e. The first-order valence-electron chi connectivity index (χ1n) is 11.8. The molecule has 0 aliphatic carbocycles. The molecule has 0 aliphatic rings. The molecule has 238 valence electrons. The minimum atomic E-state index is -3.27. The summed E-state index contributed by atoms with van der Waals surface area (Å²) in [6.07, 6.45) is 2.23. The summed E-state index contributed by atoms with van der Waals surface area (Å²) in [7, 11) is -6.40. The number of hydrogen-bond acceptors (Lipinski definition) is 11. The summed E-state index contributed by atoms with van der Waals surface area (Å²) in [6.45, 7) is -0.181. The zero-order valence-electron chi connectivity index (χ0n) is 26.2. The maximum absolute atomic E-state index is 13.2. The van der Waals surface area contributed by atoms with E-state index in [0.717, 1.165) is 42.8 Å². The molecule has 0 fully saturated rings. The van der Waals surface area contributed by atoms with E-state index in [0.29, 0.717) is 5.75 Å². The van der Waals surface area contributed by atoms with E-state index in [4.69, 9.17) is 30.4 Å². The summed E-state index contributed by atoms with van der Waals surface area (Å²) in [5, 5.41) is 34.2. The number of halogens is 3. The van der Waals surface area contributed by atoms with Crippen LogP contribution in [0.25, 0.3) is 0 Å². The molecule has 0 amide bonds. The van der Waals surface area contributed by atoms with Crippen molar-refractivity contribution in [2.24, 2.45) is 0 Å². The Morgan fingerprint density at radius 3 is 1.43 bits per heavy atom. The zero-order valence-corrected chi connectivity index (χ0v) is 33.1. The molecule has 0 aromatic heterocycles. The van der Waals surface area contributed by atoms with Gasteiger partial charge in [-0.1, -0.05) is 0 Å². The van der Waals surface area contributed by atoms with Gasteiger partial charge in [-0.3, -0.25) is 4.79 Å². The van der Waals surface area contributed by atoms with Gasteiger partial charge in [0.15, 0.2) is 19.7 Å². The number of phenols is 1. The zero-order chi connectivity index (χ0) is 34.2. The second-order valence-electron chi connectivity index (χ2n) is 8.36. The molecule has 4 rings (SSSR count). The summed E-state index contributed by atoms with van der Waals surface area (Å²) in [5.41, 5.74) is 0.144. The van der Waals surface area contributed by atoms with Crippen LogP contribution in [0.2, 0.25) is 0 Å². The van der Waals surface area contributed by atoms with Crippen molar-refractivity contribution in [2.75, 3.05) is 12.5 Å². The van der Waals surface area contributed by atoms with Crippen molar-refractivity contribution in [2.45, 2.75) is 9.79 Å². The predicted molar refractivity (Wildman–Crippen MR) is 151 cm³/mol. The van der Waals surface area contributed by atoms with Gasteiger partial charge in [-0.05, 0) is 72.8 Å². The molecule has 4 aromatic carbocycles. The Morgan fingerprint density at radius 1 is 0.702 bits per heavy atom. The number of rotatable bonds is 5. The molecule has 18 heteroatoms. The van der Waals surface area contributed by atoms with Gasteiger partial charge in [0.25, 0.3) is 6.47 Å². The number of phenolic OH excluding ortho intramolecular Hbond substituents is 1. The van der Waals surface area contributed by atoms with Gasteiger partial charge < -0.3 is 21.4 Å². The van der Waals surface area contributed by atoms with Crippen LogP contribution in [0, 0.1) is 40.1 Å². The number of aromatic hydroxyl groups is 1. The predicted octanol–water partition coefficient (Wildman–Crippen LogP) is -1.92. The SMILES string of the molecule is CS(=O)(=O)c1ccc(O)cc1.CS(=O)(=O)c1ccc(Oc2cc(F)cc(C#N)c2)cc1.N#Cc1cc(F)cc(F)c1.O=CO[O-].[H-].[K+].[K+]. The van der Waals surface area contributed by atoms with Crippen LogP contribution < -0.4 is 113 Å². The first-order chi connectivity index (χ1) is 21.0. The Balaban J connectivity index is -0.000000620. The van der Waals surface area contributed by atoms with Crippen molar-refractivity contribution < 1.29 is 159 Å². The van der Waals surface area contributed by atoms with Crippen LogP contribution in [0.3, 0.4) is 0 Å². The van der Waals surface area contributed by atoms with E-state index in [1.165, 1.54) is 54.6 Å². The van der Waals surface area contributed by atoms with Crippen LogP contribution in [0.5, 0.6) is 17.2 Å². The third kappa shape index (κ3) is 19.4. The average molecular weight is 743 g/mol. The second-order valence-corrected chi connectivity index (χ2v) is 12.4. The van der Waals surface area contributed by atoms with Crippen LogP contribution in [0.15, 0.2) is 94.7 Å².